The molecule has 3 nitrogen and oxygen atoms in total. The van der Waals surface area contributed by atoms with Crippen molar-refractivity contribution in [1.82, 2.24) is 4.98 Å². The molecule has 88 valence electrons. The van der Waals surface area contributed by atoms with E-state index in [1.165, 1.54) is 17.7 Å². The van der Waals surface area contributed by atoms with Gasteiger partial charge in [-0.15, -0.1) is 0 Å². The number of hydrogen-bond acceptors (Lipinski definition) is 2. The van der Waals surface area contributed by atoms with E-state index in [9.17, 15) is 4.79 Å². The Bertz CT molecular complexity index is 610. The van der Waals surface area contributed by atoms with Crippen molar-refractivity contribution in [2.75, 3.05) is 7.11 Å². The van der Waals surface area contributed by atoms with Gasteiger partial charge >= 0.3 is 0 Å². The average molecular weight is 229 g/mol. The number of aldehydes is 1. The van der Waals surface area contributed by atoms with Crippen LogP contribution in [-0.2, 0) is 12.8 Å². The van der Waals surface area contributed by atoms with E-state index in [1.807, 2.05) is 13.0 Å². The van der Waals surface area contributed by atoms with Gasteiger partial charge in [0.25, 0.3) is 0 Å². The maximum absolute atomic E-state index is 11.1. The first kappa shape index (κ1) is 10.4. The molecule has 2 aromatic rings. The summed E-state index contributed by atoms with van der Waals surface area (Å²) < 4.78 is 5.51. The van der Waals surface area contributed by atoms with Gasteiger partial charge < -0.3 is 9.72 Å². The molecule has 0 bridgehead atoms. The van der Waals surface area contributed by atoms with E-state index in [0.29, 0.717) is 0 Å². The first-order valence-corrected chi connectivity index (χ1v) is 5.92. The van der Waals surface area contributed by atoms with E-state index in [1.54, 1.807) is 7.11 Å². The zero-order valence-electron chi connectivity index (χ0n) is 10.1. The van der Waals surface area contributed by atoms with E-state index in [2.05, 4.69) is 4.98 Å². The minimum absolute atomic E-state index is 0.729. The second-order valence-electron chi connectivity index (χ2n) is 4.62. The summed E-state index contributed by atoms with van der Waals surface area (Å²) in [6.45, 7) is 1.99. The number of ether oxygens (including phenoxy) is 1. The van der Waals surface area contributed by atoms with Crippen LogP contribution in [-0.4, -0.2) is 18.4 Å². The fraction of sp³-hybridized carbons (Fsp3) is 0.357. The molecule has 0 spiro atoms. The molecule has 3 rings (SSSR count). The minimum Gasteiger partial charge on any atom is -0.496 e. The molecule has 1 aromatic heterocycles. The third-order valence-corrected chi connectivity index (χ3v) is 3.62. The van der Waals surface area contributed by atoms with Crippen molar-refractivity contribution in [1.29, 1.82) is 0 Å². The Morgan fingerprint density at radius 2 is 2.24 bits per heavy atom. The van der Waals surface area contributed by atoms with Gasteiger partial charge in [0.15, 0.2) is 6.29 Å². The fourth-order valence-electron chi connectivity index (χ4n) is 2.91. The predicted octanol–water partition coefficient (Wildman–Crippen LogP) is 2.79. The molecule has 0 aliphatic heterocycles. The van der Waals surface area contributed by atoms with Gasteiger partial charge in [0.2, 0.25) is 0 Å². The van der Waals surface area contributed by atoms with Crippen molar-refractivity contribution in [3.05, 3.63) is 28.5 Å². The Kier molecular flexibility index (Phi) is 2.21. The van der Waals surface area contributed by atoms with E-state index in [4.69, 9.17) is 4.74 Å². The van der Waals surface area contributed by atoms with Crippen molar-refractivity contribution in [2.24, 2.45) is 0 Å². The Hall–Kier alpha value is -1.77. The molecule has 0 fully saturated rings. The van der Waals surface area contributed by atoms with Crippen LogP contribution in [0.25, 0.3) is 10.9 Å². The summed E-state index contributed by atoms with van der Waals surface area (Å²) in [5, 5.41) is 1.11. The molecule has 3 heteroatoms. The van der Waals surface area contributed by atoms with Crippen LogP contribution in [0.4, 0.5) is 0 Å². The lowest BCUT2D eigenvalue weighted by atomic mass is 10.0. The van der Waals surface area contributed by atoms with Crippen molar-refractivity contribution in [3.8, 4) is 5.75 Å². The molecule has 1 aliphatic carbocycles. The monoisotopic (exact) mass is 229 g/mol. The van der Waals surface area contributed by atoms with Crippen LogP contribution in [0.1, 0.15) is 33.6 Å². The molecule has 0 atom stereocenters. The molecular weight excluding hydrogens is 214 g/mol. The highest BCUT2D eigenvalue weighted by molar-refractivity contribution is 6.02. The summed E-state index contributed by atoms with van der Waals surface area (Å²) in [7, 11) is 1.69. The number of aromatic amines is 1. The van der Waals surface area contributed by atoms with Crippen LogP contribution < -0.4 is 4.74 Å². The molecule has 1 aromatic carbocycles. The lowest BCUT2D eigenvalue weighted by Crippen LogP contribution is -1.93. The van der Waals surface area contributed by atoms with Crippen LogP contribution in [0, 0.1) is 6.92 Å². The van der Waals surface area contributed by atoms with Gasteiger partial charge in [-0.05, 0) is 43.4 Å². The number of fused-ring (bicyclic) bond motifs is 3. The molecule has 1 aliphatic rings. The minimum atomic E-state index is 0.729. The second-order valence-corrected chi connectivity index (χ2v) is 4.62. The number of aryl methyl sites for hydroxylation is 3. The van der Waals surface area contributed by atoms with E-state index in [-0.39, 0.29) is 0 Å². The summed E-state index contributed by atoms with van der Waals surface area (Å²) in [4.78, 5) is 14.5. The molecule has 1 heterocycles. The molecule has 0 saturated heterocycles. The number of aromatic nitrogens is 1. The zero-order chi connectivity index (χ0) is 12.0. The number of rotatable bonds is 2. The van der Waals surface area contributed by atoms with E-state index >= 15 is 0 Å². The number of H-pyrrole nitrogens is 1. The average Bonchev–Trinajstić information content (AvgIpc) is 2.89. The van der Waals surface area contributed by atoms with E-state index < -0.39 is 0 Å². The lowest BCUT2D eigenvalue weighted by Gasteiger charge is -2.09. The van der Waals surface area contributed by atoms with Crippen LogP contribution in [0.15, 0.2) is 6.07 Å². The normalized spacial score (nSPS) is 14.0. The predicted molar refractivity (Wildman–Crippen MR) is 67.0 cm³/mol. The highest BCUT2D eigenvalue weighted by Gasteiger charge is 2.22. The quantitative estimate of drug-likeness (QED) is 0.804. The van der Waals surface area contributed by atoms with Gasteiger partial charge in [-0.3, -0.25) is 4.79 Å². The third kappa shape index (κ3) is 1.32. The second kappa shape index (κ2) is 3.62. The highest BCUT2D eigenvalue weighted by atomic mass is 16.5. The summed E-state index contributed by atoms with van der Waals surface area (Å²) in [5.41, 5.74) is 5.30. The number of nitrogens with one attached hydrogen (secondary N) is 1. The standard InChI is InChI=1S/C14H15NO2/c1-8-6-9(7-16)13-12(14(8)17-2)10-4-3-5-11(10)15-13/h6-7,15H,3-5H2,1-2H3. The Morgan fingerprint density at radius 1 is 1.41 bits per heavy atom. The molecular formula is C14H15NO2. The van der Waals surface area contributed by atoms with Crippen molar-refractivity contribution < 1.29 is 9.53 Å². The molecule has 0 saturated carbocycles. The van der Waals surface area contributed by atoms with Crippen molar-refractivity contribution >= 4 is 17.2 Å². The summed E-state index contributed by atoms with van der Waals surface area (Å²) >= 11 is 0. The first-order chi connectivity index (χ1) is 8.26. The van der Waals surface area contributed by atoms with Crippen LogP contribution in [0.5, 0.6) is 5.75 Å². The Morgan fingerprint density at radius 3 is 2.94 bits per heavy atom. The number of methoxy groups -OCH3 is 1. The molecule has 0 unspecified atom stereocenters. The zero-order valence-corrected chi connectivity index (χ0v) is 10.1. The Labute approximate surface area is 99.8 Å². The number of hydrogen-bond donors (Lipinski definition) is 1. The first-order valence-electron chi connectivity index (χ1n) is 5.92. The van der Waals surface area contributed by atoms with E-state index in [0.717, 1.165) is 46.9 Å². The SMILES string of the molecule is COc1c(C)cc(C=O)c2[nH]c3c(c12)CCC3. The van der Waals surface area contributed by atoms with Crippen LogP contribution in [0.2, 0.25) is 0 Å². The topological polar surface area (TPSA) is 42.1 Å². The molecule has 1 N–H and O–H groups in total. The van der Waals surface area contributed by atoms with Gasteiger partial charge in [0.1, 0.15) is 5.75 Å². The van der Waals surface area contributed by atoms with Gasteiger partial charge in [-0.2, -0.15) is 0 Å². The Balaban J connectivity index is 2.46. The summed E-state index contributed by atoms with van der Waals surface area (Å²) in [6, 6.07) is 1.89. The van der Waals surface area contributed by atoms with Crippen LogP contribution >= 0.6 is 0 Å². The molecule has 0 amide bonds. The molecule has 0 radical (unpaired) electrons. The lowest BCUT2D eigenvalue weighted by molar-refractivity contribution is 0.112. The van der Waals surface area contributed by atoms with Crippen molar-refractivity contribution in [2.45, 2.75) is 26.2 Å². The van der Waals surface area contributed by atoms with Gasteiger partial charge in [-0.1, -0.05) is 0 Å². The smallest absolute Gasteiger partial charge is 0.152 e. The largest absolute Gasteiger partial charge is 0.496 e. The van der Waals surface area contributed by atoms with Gasteiger partial charge in [-0.25, -0.2) is 0 Å². The summed E-state index contributed by atoms with van der Waals surface area (Å²) in [5.74, 6) is 0.907. The van der Waals surface area contributed by atoms with Crippen LogP contribution in [0.3, 0.4) is 0 Å². The third-order valence-electron chi connectivity index (χ3n) is 3.62. The highest BCUT2D eigenvalue weighted by Crippen LogP contribution is 2.39. The number of carbonyl (C=O) groups is 1. The molecule has 17 heavy (non-hydrogen) atoms. The maximum Gasteiger partial charge on any atom is 0.152 e. The number of carbonyl (C=O) groups excluding carboxylic acids is 1. The van der Waals surface area contributed by atoms with Crippen molar-refractivity contribution in [3.63, 3.8) is 0 Å². The number of benzene rings is 1. The van der Waals surface area contributed by atoms with Gasteiger partial charge in [0, 0.05) is 16.6 Å². The fourth-order valence-corrected chi connectivity index (χ4v) is 2.91. The summed E-state index contributed by atoms with van der Waals surface area (Å²) in [6.07, 6.45) is 4.25. The van der Waals surface area contributed by atoms with Gasteiger partial charge in [0.05, 0.1) is 12.6 Å². The maximum atomic E-state index is 11.1.